The molecule has 2 rings (SSSR count). The van der Waals surface area contributed by atoms with Crippen molar-refractivity contribution >= 4 is 15.9 Å². The van der Waals surface area contributed by atoms with Crippen LogP contribution in [0.2, 0.25) is 0 Å². The Morgan fingerprint density at radius 2 is 1.81 bits per heavy atom. The van der Waals surface area contributed by atoms with Gasteiger partial charge in [0.25, 0.3) is 5.91 Å². The molecule has 26 heavy (non-hydrogen) atoms. The van der Waals surface area contributed by atoms with E-state index in [0.29, 0.717) is 18.5 Å². The molecule has 0 aliphatic heterocycles. The number of hydrogen-bond donors (Lipinski definition) is 2. The van der Waals surface area contributed by atoms with E-state index in [0.717, 1.165) is 11.3 Å². The number of nitrogens with one attached hydrogen (secondary N) is 2. The van der Waals surface area contributed by atoms with E-state index in [9.17, 15) is 13.2 Å². The molecule has 0 aliphatic carbocycles. The van der Waals surface area contributed by atoms with E-state index in [2.05, 4.69) is 10.0 Å². The highest BCUT2D eigenvalue weighted by atomic mass is 32.2. The molecule has 1 amide bonds. The molecule has 140 valence electrons. The standard InChI is InChI=1S/C19H24N2O4S/c1-14(2)21-26(23,24)18-9-7-16(8-10-18)19(22)20-12-11-15-5-4-6-17(13-15)25-3/h4-10,13-14,21H,11-12H2,1-3H3,(H,20,22). The van der Waals surface area contributed by atoms with Gasteiger partial charge in [0.05, 0.1) is 12.0 Å². The molecule has 2 aromatic rings. The predicted molar refractivity (Wildman–Crippen MR) is 101 cm³/mol. The number of carbonyl (C=O) groups is 1. The van der Waals surface area contributed by atoms with Crippen molar-refractivity contribution < 1.29 is 17.9 Å². The fourth-order valence-electron chi connectivity index (χ4n) is 2.41. The summed E-state index contributed by atoms with van der Waals surface area (Å²) in [6.07, 6.45) is 0.674. The van der Waals surface area contributed by atoms with Crippen molar-refractivity contribution in [2.45, 2.75) is 31.2 Å². The summed E-state index contributed by atoms with van der Waals surface area (Å²) in [5.41, 5.74) is 1.48. The van der Waals surface area contributed by atoms with E-state index >= 15 is 0 Å². The van der Waals surface area contributed by atoms with Crippen LogP contribution in [0.15, 0.2) is 53.4 Å². The maximum absolute atomic E-state index is 12.2. The van der Waals surface area contributed by atoms with Crippen molar-refractivity contribution in [3.63, 3.8) is 0 Å². The highest BCUT2D eigenvalue weighted by Crippen LogP contribution is 2.13. The molecule has 0 heterocycles. The first kappa shape index (κ1) is 19.9. The van der Waals surface area contributed by atoms with Crippen LogP contribution in [0.1, 0.15) is 29.8 Å². The minimum absolute atomic E-state index is 0.138. The van der Waals surface area contributed by atoms with Gasteiger partial charge in [-0.1, -0.05) is 12.1 Å². The van der Waals surface area contributed by atoms with Crippen LogP contribution < -0.4 is 14.8 Å². The third-order valence-electron chi connectivity index (χ3n) is 3.65. The van der Waals surface area contributed by atoms with Gasteiger partial charge >= 0.3 is 0 Å². The highest BCUT2D eigenvalue weighted by Gasteiger charge is 2.15. The molecule has 0 aromatic heterocycles. The second-order valence-corrected chi connectivity index (χ2v) is 7.87. The zero-order valence-corrected chi connectivity index (χ0v) is 16.0. The van der Waals surface area contributed by atoms with Crippen LogP contribution >= 0.6 is 0 Å². The van der Waals surface area contributed by atoms with E-state index in [1.54, 1.807) is 21.0 Å². The van der Waals surface area contributed by atoms with Gasteiger partial charge in [0.2, 0.25) is 10.0 Å². The fraction of sp³-hybridized carbons (Fsp3) is 0.316. The highest BCUT2D eigenvalue weighted by molar-refractivity contribution is 7.89. The summed E-state index contributed by atoms with van der Waals surface area (Å²) >= 11 is 0. The molecule has 0 aliphatic rings. The SMILES string of the molecule is COc1cccc(CCNC(=O)c2ccc(S(=O)(=O)NC(C)C)cc2)c1. The summed E-state index contributed by atoms with van der Waals surface area (Å²) in [5, 5.41) is 2.83. The molecule has 0 fully saturated rings. The monoisotopic (exact) mass is 376 g/mol. The summed E-state index contributed by atoms with van der Waals surface area (Å²) in [7, 11) is -1.94. The van der Waals surface area contributed by atoms with Crippen molar-refractivity contribution in [3.8, 4) is 5.75 Å². The lowest BCUT2D eigenvalue weighted by atomic mass is 10.1. The van der Waals surface area contributed by atoms with Crippen LogP contribution in [0.25, 0.3) is 0 Å². The van der Waals surface area contributed by atoms with Crippen LogP contribution in [0.5, 0.6) is 5.75 Å². The van der Waals surface area contributed by atoms with Crippen LogP contribution in [0.3, 0.4) is 0 Å². The Hall–Kier alpha value is -2.38. The zero-order chi connectivity index (χ0) is 19.2. The Balaban J connectivity index is 1.93. The quantitative estimate of drug-likeness (QED) is 0.741. The van der Waals surface area contributed by atoms with Gasteiger partial charge in [-0.25, -0.2) is 13.1 Å². The molecular formula is C19H24N2O4S. The van der Waals surface area contributed by atoms with Crippen molar-refractivity contribution in [1.29, 1.82) is 0 Å². The minimum Gasteiger partial charge on any atom is -0.497 e. The summed E-state index contributed by atoms with van der Waals surface area (Å²) in [5.74, 6) is 0.536. The number of sulfonamides is 1. The molecule has 2 aromatic carbocycles. The van der Waals surface area contributed by atoms with Crippen molar-refractivity contribution in [1.82, 2.24) is 10.0 Å². The van der Waals surface area contributed by atoms with Crippen molar-refractivity contribution in [2.24, 2.45) is 0 Å². The molecule has 0 radical (unpaired) electrons. The summed E-state index contributed by atoms with van der Waals surface area (Å²) in [4.78, 5) is 12.3. The number of amides is 1. The van der Waals surface area contributed by atoms with Crippen LogP contribution in [-0.4, -0.2) is 34.0 Å². The van der Waals surface area contributed by atoms with Crippen LogP contribution in [-0.2, 0) is 16.4 Å². The molecule has 0 bridgehead atoms. The summed E-state index contributed by atoms with van der Waals surface area (Å²) < 4.78 is 31.8. The van der Waals surface area contributed by atoms with Gasteiger partial charge < -0.3 is 10.1 Å². The third-order valence-corrected chi connectivity index (χ3v) is 5.33. The maximum atomic E-state index is 12.2. The van der Waals surface area contributed by atoms with Gasteiger partial charge in [0.1, 0.15) is 5.75 Å². The lowest BCUT2D eigenvalue weighted by Crippen LogP contribution is -2.30. The van der Waals surface area contributed by atoms with Crippen LogP contribution in [0.4, 0.5) is 0 Å². The largest absolute Gasteiger partial charge is 0.497 e. The Morgan fingerprint density at radius 1 is 1.12 bits per heavy atom. The predicted octanol–water partition coefficient (Wildman–Crippen LogP) is 2.35. The minimum atomic E-state index is -3.56. The third kappa shape index (κ3) is 5.57. The smallest absolute Gasteiger partial charge is 0.251 e. The topological polar surface area (TPSA) is 84.5 Å². The molecule has 2 N–H and O–H groups in total. The van der Waals surface area contributed by atoms with Gasteiger partial charge in [0.15, 0.2) is 0 Å². The summed E-state index contributed by atoms with van der Waals surface area (Å²) in [6.45, 7) is 3.98. The molecule has 0 atom stereocenters. The molecular weight excluding hydrogens is 352 g/mol. The Bertz CT molecular complexity index is 846. The number of ether oxygens (including phenoxy) is 1. The molecule has 0 saturated carbocycles. The van der Waals surface area contributed by atoms with Crippen LogP contribution in [0, 0.1) is 0 Å². The molecule has 0 spiro atoms. The van der Waals surface area contributed by atoms with Gasteiger partial charge in [-0.3, -0.25) is 4.79 Å². The molecule has 0 unspecified atom stereocenters. The number of methoxy groups -OCH3 is 1. The van der Waals surface area contributed by atoms with Crippen molar-refractivity contribution in [2.75, 3.05) is 13.7 Å². The number of hydrogen-bond acceptors (Lipinski definition) is 4. The average molecular weight is 376 g/mol. The van der Waals surface area contributed by atoms with E-state index in [4.69, 9.17) is 4.74 Å². The van der Waals surface area contributed by atoms with E-state index in [1.807, 2.05) is 24.3 Å². The summed E-state index contributed by atoms with van der Waals surface area (Å²) in [6, 6.07) is 13.4. The lowest BCUT2D eigenvalue weighted by molar-refractivity contribution is 0.0954. The second kappa shape index (κ2) is 8.82. The Kier molecular flexibility index (Phi) is 6.76. The lowest BCUT2D eigenvalue weighted by Gasteiger charge is -2.10. The fourth-order valence-corrected chi connectivity index (χ4v) is 3.67. The zero-order valence-electron chi connectivity index (χ0n) is 15.2. The second-order valence-electron chi connectivity index (χ2n) is 6.16. The maximum Gasteiger partial charge on any atom is 0.251 e. The molecule has 0 saturated heterocycles. The average Bonchev–Trinajstić information content (AvgIpc) is 2.61. The van der Waals surface area contributed by atoms with Gasteiger partial charge in [0, 0.05) is 18.2 Å². The number of rotatable bonds is 8. The van der Waals surface area contributed by atoms with E-state index in [1.165, 1.54) is 24.3 Å². The molecule has 7 heteroatoms. The Labute approximate surface area is 154 Å². The van der Waals surface area contributed by atoms with Gasteiger partial charge in [-0.05, 0) is 62.2 Å². The Morgan fingerprint density at radius 3 is 2.42 bits per heavy atom. The first-order valence-electron chi connectivity index (χ1n) is 8.35. The van der Waals surface area contributed by atoms with E-state index < -0.39 is 10.0 Å². The molecule has 6 nitrogen and oxygen atoms in total. The van der Waals surface area contributed by atoms with Gasteiger partial charge in [-0.2, -0.15) is 0 Å². The van der Waals surface area contributed by atoms with E-state index in [-0.39, 0.29) is 16.8 Å². The van der Waals surface area contributed by atoms with Crippen molar-refractivity contribution in [3.05, 3.63) is 59.7 Å². The van der Waals surface area contributed by atoms with Gasteiger partial charge in [-0.15, -0.1) is 0 Å². The first-order chi connectivity index (χ1) is 12.3. The normalized spacial score (nSPS) is 11.4. The number of benzene rings is 2. The first-order valence-corrected chi connectivity index (χ1v) is 9.83. The number of carbonyl (C=O) groups excluding carboxylic acids is 1.